The van der Waals surface area contributed by atoms with Crippen LogP contribution in [-0.2, 0) is 6.54 Å². The minimum absolute atomic E-state index is 0.158. The number of nitrogens with zero attached hydrogens (tertiary/aromatic N) is 2. The lowest BCUT2D eigenvalue weighted by atomic mass is 9.98. The third-order valence-corrected chi connectivity index (χ3v) is 3.35. The van der Waals surface area contributed by atoms with Crippen molar-refractivity contribution in [2.24, 2.45) is 5.92 Å². The van der Waals surface area contributed by atoms with Crippen molar-refractivity contribution in [2.75, 3.05) is 6.54 Å². The highest BCUT2D eigenvalue weighted by molar-refractivity contribution is 4.94. The number of aliphatic hydroxyl groups is 1. The summed E-state index contributed by atoms with van der Waals surface area (Å²) in [6, 6.07) is 1.87. The molecule has 0 aliphatic heterocycles. The Balaban J connectivity index is 1.73. The van der Waals surface area contributed by atoms with E-state index in [4.69, 9.17) is 0 Å². The van der Waals surface area contributed by atoms with Gasteiger partial charge in [0, 0.05) is 24.5 Å². The molecule has 0 radical (unpaired) electrons. The molecule has 1 aromatic rings. The number of aliphatic hydroxyl groups excluding tert-OH is 1. The van der Waals surface area contributed by atoms with Crippen LogP contribution in [0.5, 0.6) is 0 Å². The van der Waals surface area contributed by atoms with Crippen molar-refractivity contribution in [2.45, 2.75) is 44.9 Å². The first-order valence-corrected chi connectivity index (χ1v) is 5.98. The molecule has 0 aromatic carbocycles. The molecule has 16 heavy (non-hydrogen) atoms. The highest BCUT2D eigenvalue weighted by Crippen LogP contribution is 2.39. The third-order valence-electron chi connectivity index (χ3n) is 3.35. The SMILES string of the molecule is CC(C)(NCC(O)Cn1cccn1)C1CC1. The number of hydrogen-bond acceptors (Lipinski definition) is 3. The van der Waals surface area contributed by atoms with Crippen LogP contribution < -0.4 is 5.32 Å². The van der Waals surface area contributed by atoms with Crippen molar-refractivity contribution in [1.82, 2.24) is 15.1 Å². The van der Waals surface area contributed by atoms with Gasteiger partial charge in [0.1, 0.15) is 0 Å². The maximum atomic E-state index is 9.86. The Bertz CT molecular complexity index is 317. The maximum absolute atomic E-state index is 9.86. The van der Waals surface area contributed by atoms with Gasteiger partial charge < -0.3 is 10.4 Å². The van der Waals surface area contributed by atoms with E-state index in [9.17, 15) is 5.11 Å². The highest BCUT2D eigenvalue weighted by atomic mass is 16.3. The second kappa shape index (κ2) is 4.55. The van der Waals surface area contributed by atoms with Crippen molar-refractivity contribution in [3.05, 3.63) is 18.5 Å². The highest BCUT2D eigenvalue weighted by Gasteiger charge is 2.37. The van der Waals surface area contributed by atoms with Crippen LogP contribution in [0.3, 0.4) is 0 Å². The van der Waals surface area contributed by atoms with E-state index in [0.29, 0.717) is 13.1 Å². The van der Waals surface area contributed by atoms with Crippen LogP contribution in [-0.4, -0.2) is 33.1 Å². The molecular weight excluding hydrogens is 202 g/mol. The molecule has 1 aliphatic rings. The molecule has 1 aliphatic carbocycles. The van der Waals surface area contributed by atoms with E-state index in [0.717, 1.165) is 5.92 Å². The molecule has 4 heteroatoms. The van der Waals surface area contributed by atoms with Gasteiger partial charge in [-0.15, -0.1) is 0 Å². The lowest BCUT2D eigenvalue weighted by Gasteiger charge is -2.27. The average molecular weight is 223 g/mol. The summed E-state index contributed by atoms with van der Waals surface area (Å²) in [6.07, 6.45) is 5.85. The van der Waals surface area contributed by atoms with Gasteiger partial charge in [-0.2, -0.15) is 5.10 Å². The maximum Gasteiger partial charge on any atom is 0.0860 e. The summed E-state index contributed by atoms with van der Waals surface area (Å²) in [7, 11) is 0. The zero-order chi connectivity index (χ0) is 11.6. The largest absolute Gasteiger partial charge is 0.390 e. The minimum Gasteiger partial charge on any atom is -0.390 e. The van der Waals surface area contributed by atoms with Crippen LogP contribution in [0.25, 0.3) is 0 Å². The van der Waals surface area contributed by atoms with Crippen LogP contribution in [0.1, 0.15) is 26.7 Å². The Kier molecular flexibility index (Phi) is 3.30. The van der Waals surface area contributed by atoms with Gasteiger partial charge in [0.25, 0.3) is 0 Å². The predicted molar refractivity (Wildman–Crippen MR) is 63.0 cm³/mol. The lowest BCUT2D eigenvalue weighted by Crippen LogP contribution is -2.45. The van der Waals surface area contributed by atoms with E-state index in [1.807, 2.05) is 12.3 Å². The molecule has 1 aromatic heterocycles. The summed E-state index contributed by atoms with van der Waals surface area (Å²) in [5, 5.41) is 17.4. The molecule has 1 saturated carbocycles. The molecule has 0 amide bonds. The summed E-state index contributed by atoms with van der Waals surface area (Å²) < 4.78 is 1.76. The van der Waals surface area contributed by atoms with E-state index in [2.05, 4.69) is 24.3 Å². The first-order chi connectivity index (χ1) is 7.58. The zero-order valence-corrected chi connectivity index (χ0v) is 10.1. The zero-order valence-electron chi connectivity index (χ0n) is 10.1. The number of hydrogen-bond donors (Lipinski definition) is 2. The van der Waals surface area contributed by atoms with Crippen LogP contribution in [0, 0.1) is 5.92 Å². The summed E-state index contributed by atoms with van der Waals surface area (Å²) >= 11 is 0. The summed E-state index contributed by atoms with van der Waals surface area (Å²) in [6.45, 7) is 5.61. The Hall–Kier alpha value is -0.870. The lowest BCUT2D eigenvalue weighted by molar-refractivity contribution is 0.133. The molecule has 2 N–H and O–H groups in total. The molecule has 0 saturated heterocycles. The standard InChI is InChI=1S/C12H21N3O/c1-12(2,10-4-5-10)13-8-11(16)9-15-7-3-6-14-15/h3,6-7,10-11,13,16H,4-5,8-9H2,1-2H3. The van der Waals surface area contributed by atoms with Gasteiger partial charge in [-0.3, -0.25) is 4.68 Å². The minimum atomic E-state index is -0.377. The fourth-order valence-corrected chi connectivity index (χ4v) is 2.02. The molecule has 90 valence electrons. The number of nitrogens with one attached hydrogen (secondary N) is 1. The van der Waals surface area contributed by atoms with Gasteiger partial charge in [-0.05, 0) is 38.7 Å². The molecule has 1 heterocycles. The van der Waals surface area contributed by atoms with Crippen LogP contribution >= 0.6 is 0 Å². The normalized spacial score (nSPS) is 18.7. The van der Waals surface area contributed by atoms with E-state index in [1.165, 1.54) is 12.8 Å². The fraction of sp³-hybridized carbons (Fsp3) is 0.750. The van der Waals surface area contributed by atoms with Gasteiger partial charge >= 0.3 is 0 Å². The monoisotopic (exact) mass is 223 g/mol. The fourth-order valence-electron chi connectivity index (χ4n) is 2.02. The van der Waals surface area contributed by atoms with Gasteiger partial charge in [0.05, 0.1) is 12.6 Å². The summed E-state index contributed by atoms with van der Waals surface area (Å²) in [5.41, 5.74) is 0.158. The summed E-state index contributed by atoms with van der Waals surface area (Å²) in [5.74, 6) is 0.782. The van der Waals surface area contributed by atoms with Gasteiger partial charge in [-0.25, -0.2) is 0 Å². The van der Waals surface area contributed by atoms with Crippen LogP contribution in [0.4, 0.5) is 0 Å². The molecule has 1 fully saturated rings. The Morgan fingerprint density at radius 1 is 1.56 bits per heavy atom. The molecule has 1 unspecified atom stereocenters. The van der Waals surface area contributed by atoms with Gasteiger partial charge in [-0.1, -0.05) is 0 Å². The molecule has 2 rings (SSSR count). The Labute approximate surface area is 96.7 Å². The van der Waals surface area contributed by atoms with E-state index < -0.39 is 0 Å². The quantitative estimate of drug-likeness (QED) is 0.757. The van der Waals surface area contributed by atoms with Crippen molar-refractivity contribution in [3.8, 4) is 0 Å². The first kappa shape index (κ1) is 11.6. The van der Waals surface area contributed by atoms with Crippen molar-refractivity contribution in [3.63, 3.8) is 0 Å². The number of rotatable bonds is 6. The first-order valence-electron chi connectivity index (χ1n) is 5.98. The van der Waals surface area contributed by atoms with E-state index in [-0.39, 0.29) is 11.6 Å². The molecule has 1 atom stereocenters. The molecular formula is C12H21N3O. The van der Waals surface area contributed by atoms with Crippen molar-refractivity contribution < 1.29 is 5.11 Å². The van der Waals surface area contributed by atoms with E-state index in [1.54, 1.807) is 10.9 Å². The Morgan fingerprint density at radius 3 is 2.88 bits per heavy atom. The van der Waals surface area contributed by atoms with Crippen molar-refractivity contribution >= 4 is 0 Å². The van der Waals surface area contributed by atoms with Crippen LogP contribution in [0.2, 0.25) is 0 Å². The predicted octanol–water partition coefficient (Wildman–Crippen LogP) is 1.02. The van der Waals surface area contributed by atoms with E-state index >= 15 is 0 Å². The Morgan fingerprint density at radius 2 is 2.31 bits per heavy atom. The summed E-state index contributed by atoms with van der Waals surface area (Å²) in [4.78, 5) is 0. The molecule has 0 bridgehead atoms. The van der Waals surface area contributed by atoms with Gasteiger partial charge in [0.2, 0.25) is 0 Å². The topological polar surface area (TPSA) is 50.1 Å². The average Bonchev–Trinajstić information content (AvgIpc) is 2.98. The number of β-amino-alcohol motifs (C(OH)–C–C–N with tert-alkyl or cyclic N) is 1. The second-order valence-corrected chi connectivity index (χ2v) is 5.26. The number of aromatic nitrogens is 2. The molecule has 0 spiro atoms. The smallest absolute Gasteiger partial charge is 0.0860 e. The van der Waals surface area contributed by atoms with Crippen LogP contribution in [0.15, 0.2) is 18.5 Å². The van der Waals surface area contributed by atoms with Gasteiger partial charge in [0.15, 0.2) is 0 Å². The van der Waals surface area contributed by atoms with Crippen molar-refractivity contribution in [1.29, 1.82) is 0 Å². The second-order valence-electron chi connectivity index (χ2n) is 5.26. The third kappa shape index (κ3) is 3.06. The molecule has 4 nitrogen and oxygen atoms in total.